The van der Waals surface area contributed by atoms with E-state index in [1.54, 1.807) is 0 Å². The molecule has 0 saturated heterocycles. The number of fused-ring (bicyclic) bond motifs is 15. The highest BCUT2D eigenvalue weighted by atomic mass is 32.1. The molecule has 0 aliphatic rings. The summed E-state index contributed by atoms with van der Waals surface area (Å²) in [6.07, 6.45) is 0. The number of aromatic nitrogens is 2. The largest absolute Gasteiger partial charge is 0.310 e. The molecule has 0 radical (unpaired) electrons. The third-order valence-electron chi connectivity index (χ3n) is 19.2. The molecule has 16 aromatic rings. The second-order valence-electron chi connectivity index (χ2n) is 29.5. The molecule has 92 heavy (non-hydrogen) atoms. The van der Waals surface area contributed by atoms with Gasteiger partial charge in [0.25, 0.3) is 0 Å². The van der Waals surface area contributed by atoms with Crippen molar-refractivity contribution >= 4 is 152 Å². The molecule has 4 nitrogen and oxygen atoms in total. The van der Waals surface area contributed by atoms with E-state index in [-0.39, 0.29) is 21.7 Å². The minimum Gasteiger partial charge on any atom is -0.310 e. The van der Waals surface area contributed by atoms with E-state index in [1.165, 1.54) is 128 Å². The summed E-state index contributed by atoms with van der Waals surface area (Å²) < 4.78 is 10.1. The van der Waals surface area contributed by atoms with Crippen LogP contribution in [0.2, 0.25) is 0 Å². The Labute approximate surface area is 547 Å². The highest BCUT2D eigenvalue weighted by Crippen LogP contribution is 2.51. The average Bonchev–Trinajstić information content (AvgIpc) is 1.57. The third-order valence-corrected chi connectivity index (χ3v) is 21.5. The fourth-order valence-electron chi connectivity index (χ4n) is 14.4. The van der Waals surface area contributed by atoms with E-state index in [0.717, 1.165) is 34.1 Å². The maximum Gasteiger partial charge on any atom is 0.0562 e. The van der Waals surface area contributed by atoms with Gasteiger partial charge >= 0.3 is 0 Å². The van der Waals surface area contributed by atoms with Crippen LogP contribution in [0.25, 0.3) is 106 Å². The van der Waals surface area contributed by atoms with Gasteiger partial charge in [0.2, 0.25) is 0 Å². The molecule has 0 unspecified atom stereocenters. The normalized spacial score (nSPS) is 12.8. The van der Waals surface area contributed by atoms with Crippen molar-refractivity contribution in [2.45, 2.75) is 105 Å². The molecular weight excluding hydrogens is 1150 g/mol. The lowest BCUT2D eigenvalue weighted by atomic mass is 9.80. The monoisotopic (exact) mass is 1230 g/mol. The van der Waals surface area contributed by atoms with E-state index in [4.69, 9.17) is 0 Å². The maximum atomic E-state index is 2.51. The van der Waals surface area contributed by atoms with Gasteiger partial charge in [-0.2, -0.15) is 0 Å². The third kappa shape index (κ3) is 9.42. The molecule has 4 heterocycles. The number of rotatable bonds is 8. The van der Waals surface area contributed by atoms with Crippen molar-refractivity contribution < 1.29 is 0 Å². The Morgan fingerprint density at radius 1 is 0.250 bits per heavy atom. The van der Waals surface area contributed by atoms with Crippen molar-refractivity contribution in [1.82, 2.24) is 9.13 Å². The fraction of sp³-hybridized carbons (Fsp3) is 0.186. The molecule has 0 bridgehead atoms. The number of nitrogens with zero attached hydrogens (tertiary/aromatic N) is 4. The maximum absolute atomic E-state index is 2.51. The zero-order valence-corrected chi connectivity index (χ0v) is 56.3. The van der Waals surface area contributed by atoms with E-state index in [0.29, 0.717) is 0 Å². The summed E-state index contributed by atoms with van der Waals surface area (Å²) in [4.78, 5) is 4.96. The molecule has 12 aromatic carbocycles. The first kappa shape index (κ1) is 57.7. The van der Waals surface area contributed by atoms with Gasteiger partial charge in [0.05, 0.1) is 33.4 Å². The van der Waals surface area contributed by atoms with Gasteiger partial charge in [-0.1, -0.05) is 204 Å². The standard InChI is InChI=1S/C86H76N4S2/c1-83(2,3)53-45-54(84(4,5)6)48-61(47-53)89-69-31-21-19-29-65(69)81-71(33-23-35-73(81)89)87(57-25-15-13-16-26-57)59-37-39-67-77(51-59)91-75-43-41-64-63(79(67)75)42-44-76-80(64)68-40-38-60(52-78(68)92-76)88(58-27-17-14-18-28-58)72-34-24-36-74-82(72)66-30-20-22-32-70(66)90(74)62-49-55(85(7,8)9)46-56(50-62)86(10,11)12/h13-52H,1-12H3. The van der Waals surface area contributed by atoms with Crippen LogP contribution in [0.1, 0.15) is 105 Å². The van der Waals surface area contributed by atoms with E-state index in [2.05, 4.69) is 345 Å². The van der Waals surface area contributed by atoms with Gasteiger partial charge in [-0.3, -0.25) is 0 Å². The molecular formula is C86H76N4S2. The van der Waals surface area contributed by atoms with Crippen LogP contribution in [0.3, 0.4) is 0 Å². The smallest absolute Gasteiger partial charge is 0.0562 e. The topological polar surface area (TPSA) is 16.3 Å². The average molecular weight is 1230 g/mol. The molecule has 0 spiro atoms. The quantitative estimate of drug-likeness (QED) is 0.151. The lowest BCUT2D eigenvalue weighted by molar-refractivity contribution is 0.567. The molecule has 4 aromatic heterocycles. The van der Waals surface area contributed by atoms with E-state index >= 15 is 0 Å². The summed E-state index contributed by atoms with van der Waals surface area (Å²) in [7, 11) is 0. The molecule has 0 aliphatic heterocycles. The molecule has 6 heteroatoms. The summed E-state index contributed by atoms with van der Waals surface area (Å²) >= 11 is 3.79. The van der Waals surface area contributed by atoms with Crippen LogP contribution in [-0.2, 0) is 21.7 Å². The predicted molar refractivity (Wildman–Crippen MR) is 403 cm³/mol. The first-order valence-electron chi connectivity index (χ1n) is 32.5. The zero-order chi connectivity index (χ0) is 63.3. The zero-order valence-electron chi connectivity index (χ0n) is 54.7. The number of benzene rings is 12. The Morgan fingerprint density at radius 2 is 0.587 bits per heavy atom. The van der Waals surface area contributed by atoms with Crippen LogP contribution in [0.5, 0.6) is 0 Å². The van der Waals surface area contributed by atoms with Crippen molar-refractivity contribution in [2.24, 2.45) is 0 Å². The first-order chi connectivity index (χ1) is 44.2. The molecule has 452 valence electrons. The summed E-state index contributed by atoms with van der Waals surface area (Å²) in [6.45, 7) is 27.9. The molecule has 0 aliphatic carbocycles. The van der Waals surface area contributed by atoms with Crippen LogP contribution >= 0.6 is 22.7 Å². The van der Waals surface area contributed by atoms with Gasteiger partial charge in [-0.15, -0.1) is 22.7 Å². The van der Waals surface area contributed by atoms with Crippen molar-refractivity contribution in [3.8, 4) is 11.4 Å². The second-order valence-corrected chi connectivity index (χ2v) is 31.6. The van der Waals surface area contributed by atoms with Crippen LogP contribution < -0.4 is 9.80 Å². The fourth-order valence-corrected chi connectivity index (χ4v) is 16.7. The Hall–Kier alpha value is -9.46. The minimum atomic E-state index is -0.0230. The lowest BCUT2D eigenvalue weighted by Crippen LogP contribution is -2.17. The van der Waals surface area contributed by atoms with E-state index in [1.807, 2.05) is 22.7 Å². The Kier molecular flexibility index (Phi) is 13.2. The van der Waals surface area contributed by atoms with E-state index in [9.17, 15) is 0 Å². The number of anilines is 6. The number of thiophene rings is 2. The van der Waals surface area contributed by atoms with Gasteiger partial charge in [0.1, 0.15) is 0 Å². The Morgan fingerprint density at radius 3 is 0.957 bits per heavy atom. The van der Waals surface area contributed by atoms with E-state index < -0.39 is 0 Å². The number of hydrogen-bond acceptors (Lipinski definition) is 4. The molecule has 0 saturated carbocycles. The molecule has 0 atom stereocenters. The van der Waals surface area contributed by atoms with Crippen LogP contribution in [0.15, 0.2) is 243 Å². The minimum absolute atomic E-state index is 0.0230. The summed E-state index contributed by atoms with van der Waals surface area (Å²) in [5, 5.41) is 12.7. The van der Waals surface area contributed by atoms with Gasteiger partial charge in [0.15, 0.2) is 0 Å². The van der Waals surface area contributed by atoms with Crippen LogP contribution in [0, 0.1) is 0 Å². The van der Waals surface area contributed by atoms with Crippen LogP contribution in [-0.4, -0.2) is 9.13 Å². The SMILES string of the molecule is CC(C)(C)c1cc(-n2c3ccccc3c3c(N(c4ccccc4)c4ccc5c(c4)sc4ccc6c(ccc7sc8cc(N(c9ccccc9)c9cccc%10c9c9ccccc9n%10-c9cc(C(C)(C)C)cc(C(C)(C)C)c9)ccc8c76)c45)cccc32)cc(C(C)(C)C)c1. The lowest BCUT2D eigenvalue weighted by Gasteiger charge is -2.27. The van der Waals surface area contributed by atoms with Gasteiger partial charge in [0, 0.05) is 96.0 Å². The Balaban J connectivity index is 0.829. The molecule has 0 fully saturated rings. The summed E-state index contributed by atoms with van der Waals surface area (Å²) in [5.74, 6) is 0. The second kappa shape index (κ2) is 21.0. The van der Waals surface area contributed by atoms with Crippen molar-refractivity contribution in [3.63, 3.8) is 0 Å². The van der Waals surface area contributed by atoms with Crippen molar-refractivity contribution in [3.05, 3.63) is 265 Å². The number of para-hydroxylation sites is 4. The highest BCUT2D eigenvalue weighted by molar-refractivity contribution is 7.26. The van der Waals surface area contributed by atoms with Crippen molar-refractivity contribution in [2.75, 3.05) is 9.80 Å². The van der Waals surface area contributed by atoms with Crippen molar-refractivity contribution in [1.29, 1.82) is 0 Å². The van der Waals surface area contributed by atoms with Gasteiger partial charge in [-0.05, 0) is 176 Å². The molecule has 0 N–H and O–H groups in total. The predicted octanol–water partition coefficient (Wildman–Crippen LogP) is 25.9. The number of hydrogen-bond donors (Lipinski definition) is 0. The summed E-state index contributed by atoms with van der Waals surface area (Å²) in [6, 6.07) is 92.0. The van der Waals surface area contributed by atoms with Gasteiger partial charge in [-0.25, -0.2) is 0 Å². The molecule has 16 rings (SSSR count). The summed E-state index contributed by atoms with van der Waals surface area (Å²) in [5.41, 5.74) is 19.2. The first-order valence-corrected chi connectivity index (χ1v) is 34.1. The Bertz CT molecular complexity index is 5210. The molecule has 0 amide bonds. The van der Waals surface area contributed by atoms with Crippen LogP contribution in [0.4, 0.5) is 34.1 Å². The van der Waals surface area contributed by atoms with Gasteiger partial charge < -0.3 is 18.9 Å². The highest BCUT2D eigenvalue weighted by Gasteiger charge is 2.29.